The summed E-state index contributed by atoms with van der Waals surface area (Å²) in [7, 11) is 0. The summed E-state index contributed by atoms with van der Waals surface area (Å²) in [6.45, 7) is 3.09. The maximum atomic E-state index is 5.86. The van der Waals surface area contributed by atoms with E-state index in [2.05, 4.69) is 23.5 Å². The standard InChI is InChI=1S/C10H14N2/c1-7(11)8-3-2-4-10-9(8)5-6-12-10/h2-4,7,12H,5-6,11H2,1H3. The topological polar surface area (TPSA) is 38.0 Å². The molecule has 0 aliphatic carbocycles. The van der Waals surface area contributed by atoms with Crippen molar-refractivity contribution in [3.63, 3.8) is 0 Å². The molecule has 1 heterocycles. The van der Waals surface area contributed by atoms with Gasteiger partial charge in [-0.1, -0.05) is 12.1 Å². The third-order valence-corrected chi connectivity index (χ3v) is 2.39. The van der Waals surface area contributed by atoms with Crippen molar-refractivity contribution < 1.29 is 0 Å². The molecule has 2 heteroatoms. The summed E-state index contributed by atoms with van der Waals surface area (Å²) in [6.07, 6.45) is 1.12. The summed E-state index contributed by atoms with van der Waals surface area (Å²) < 4.78 is 0. The molecule has 0 radical (unpaired) electrons. The molecule has 1 aromatic carbocycles. The van der Waals surface area contributed by atoms with Gasteiger partial charge in [0.2, 0.25) is 0 Å². The second kappa shape index (κ2) is 2.79. The van der Waals surface area contributed by atoms with E-state index in [-0.39, 0.29) is 6.04 Å². The summed E-state index contributed by atoms with van der Waals surface area (Å²) in [5, 5.41) is 3.34. The van der Waals surface area contributed by atoms with Gasteiger partial charge in [-0.25, -0.2) is 0 Å². The van der Waals surface area contributed by atoms with Gasteiger partial charge in [-0.2, -0.15) is 0 Å². The van der Waals surface area contributed by atoms with E-state index >= 15 is 0 Å². The predicted octanol–water partition coefficient (Wildman–Crippen LogP) is 1.67. The van der Waals surface area contributed by atoms with Gasteiger partial charge in [-0.05, 0) is 30.5 Å². The van der Waals surface area contributed by atoms with E-state index in [1.807, 2.05) is 6.92 Å². The molecule has 3 N–H and O–H groups in total. The number of nitrogens with one attached hydrogen (secondary N) is 1. The highest BCUT2D eigenvalue weighted by Crippen LogP contribution is 2.28. The Balaban J connectivity index is 2.49. The van der Waals surface area contributed by atoms with Crippen LogP contribution in [0.25, 0.3) is 0 Å². The Kier molecular flexibility index (Phi) is 1.77. The van der Waals surface area contributed by atoms with Crippen molar-refractivity contribution in [2.45, 2.75) is 19.4 Å². The average Bonchev–Trinajstić information content (AvgIpc) is 2.49. The van der Waals surface area contributed by atoms with Crippen LogP contribution in [-0.2, 0) is 6.42 Å². The van der Waals surface area contributed by atoms with Crippen molar-refractivity contribution in [2.24, 2.45) is 5.73 Å². The molecule has 1 atom stereocenters. The normalized spacial score (nSPS) is 16.8. The van der Waals surface area contributed by atoms with Crippen molar-refractivity contribution in [1.29, 1.82) is 0 Å². The Bertz CT molecular complexity index is 292. The first-order chi connectivity index (χ1) is 5.79. The highest BCUT2D eigenvalue weighted by molar-refractivity contribution is 5.59. The SMILES string of the molecule is CC(N)c1cccc2c1CCN2. The number of anilines is 1. The van der Waals surface area contributed by atoms with Crippen molar-refractivity contribution in [2.75, 3.05) is 11.9 Å². The van der Waals surface area contributed by atoms with E-state index in [9.17, 15) is 0 Å². The highest BCUT2D eigenvalue weighted by Gasteiger charge is 2.14. The fourth-order valence-corrected chi connectivity index (χ4v) is 1.80. The lowest BCUT2D eigenvalue weighted by Crippen LogP contribution is -2.07. The molecular formula is C10H14N2. The fraction of sp³-hybridized carbons (Fsp3) is 0.400. The van der Waals surface area contributed by atoms with Crippen LogP contribution in [0.1, 0.15) is 24.1 Å². The molecule has 12 heavy (non-hydrogen) atoms. The number of hydrogen-bond acceptors (Lipinski definition) is 2. The minimum absolute atomic E-state index is 0.153. The van der Waals surface area contributed by atoms with E-state index in [1.165, 1.54) is 16.8 Å². The maximum Gasteiger partial charge on any atom is 0.0376 e. The van der Waals surface area contributed by atoms with Gasteiger partial charge in [0.15, 0.2) is 0 Å². The molecule has 0 amide bonds. The van der Waals surface area contributed by atoms with Gasteiger partial charge in [0, 0.05) is 18.3 Å². The number of fused-ring (bicyclic) bond motifs is 1. The van der Waals surface area contributed by atoms with Crippen LogP contribution in [0.5, 0.6) is 0 Å². The Morgan fingerprint density at radius 1 is 1.50 bits per heavy atom. The Labute approximate surface area is 72.8 Å². The first-order valence-corrected chi connectivity index (χ1v) is 4.40. The molecule has 1 unspecified atom stereocenters. The third-order valence-electron chi connectivity index (χ3n) is 2.39. The van der Waals surface area contributed by atoms with Gasteiger partial charge >= 0.3 is 0 Å². The first-order valence-electron chi connectivity index (χ1n) is 4.40. The molecule has 0 fully saturated rings. The second-order valence-corrected chi connectivity index (χ2v) is 3.34. The van der Waals surface area contributed by atoms with Gasteiger partial charge in [0.1, 0.15) is 0 Å². The van der Waals surface area contributed by atoms with E-state index in [4.69, 9.17) is 5.73 Å². The van der Waals surface area contributed by atoms with Gasteiger partial charge in [0.05, 0.1) is 0 Å². The number of benzene rings is 1. The molecule has 2 nitrogen and oxygen atoms in total. The molecule has 0 saturated heterocycles. The monoisotopic (exact) mass is 162 g/mol. The summed E-state index contributed by atoms with van der Waals surface area (Å²) in [6, 6.07) is 6.46. The number of hydrogen-bond donors (Lipinski definition) is 2. The molecule has 1 aromatic rings. The first kappa shape index (κ1) is 7.62. The fourth-order valence-electron chi connectivity index (χ4n) is 1.80. The zero-order valence-electron chi connectivity index (χ0n) is 7.30. The quantitative estimate of drug-likeness (QED) is 0.659. The van der Waals surface area contributed by atoms with E-state index in [1.54, 1.807) is 0 Å². The maximum absolute atomic E-state index is 5.86. The van der Waals surface area contributed by atoms with Crippen molar-refractivity contribution >= 4 is 5.69 Å². The second-order valence-electron chi connectivity index (χ2n) is 3.34. The van der Waals surface area contributed by atoms with Crippen molar-refractivity contribution in [1.82, 2.24) is 0 Å². The molecular weight excluding hydrogens is 148 g/mol. The van der Waals surface area contributed by atoms with Crippen molar-refractivity contribution in [3.05, 3.63) is 29.3 Å². The van der Waals surface area contributed by atoms with E-state index < -0.39 is 0 Å². The van der Waals surface area contributed by atoms with Gasteiger partial charge in [-0.15, -0.1) is 0 Å². The zero-order chi connectivity index (χ0) is 8.55. The summed E-state index contributed by atoms with van der Waals surface area (Å²) in [5.41, 5.74) is 9.83. The van der Waals surface area contributed by atoms with Crippen LogP contribution in [0.2, 0.25) is 0 Å². The average molecular weight is 162 g/mol. The van der Waals surface area contributed by atoms with Crippen molar-refractivity contribution in [3.8, 4) is 0 Å². The Morgan fingerprint density at radius 3 is 3.08 bits per heavy atom. The Hall–Kier alpha value is -1.02. The van der Waals surface area contributed by atoms with Gasteiger partial charge in [-0.3, -0.25) is 0 Å². The molecule has 0 spiro atoms. The predicted molar refractivity (Wildman–Crippen MR) is 51.2 cm³/mol. The summed E-state index contributed by atoms with van der Waals surface area (Å²) in [4.78, 5) is 0. The molecule has 64 valence electrons. The molecule has 0 bridgehead atoms. The number of nitrogens with two attached hydrogens (primary N) is 1. The molecule has 0 aromatic heterocycles. The molecule has 2 rings (SSSR count). The number of rotatable bonds is 1. The van der Waals surface area contributed by atoms with Crippen LogP contribution in [0.15, 0.2) is 18.2 Å². The van der Waals surface area contributed by atoms with Gasteiger partial charge in [0.25, 0.3) is 0 Å². The van der Waals surface area contributed by atoms with Crippen LogP contribution in [0.4, 0.5) is 5.69 Å². The largest absolute Gasteiger partial charge is 0.384 e. The van der Waals surface area contributed by atoms with Crippen LogP contribution in [0, 0.1) is 0 Å². The van der Waals surface area contributed by atoms with Crippen LogP contribution >= 0.6 is 0 Å². The van der Waals surface area contributed by atoms with Crippen LogP contribution in [-0.4, -0.2) is 6.54 Å². The smallest absolute Gasteiger partial charge is 0.0376 e. The lowest BCUT2D eigenvalue weighted by molar-refractivity contribution is 0.805. The highest BCUT2D eigenvalue weighted by atomic mass is 14.9. The summed E-state index contributed by atoms with van der Waals surface area (Å²) >= 11 is 0. The lowest BCUT2D eigenvalue weighted by Gasteiger charge is -2.10. The lowest BCUT2D eigenvalue weighted by atomic mass is 10.0. The van der Waals surface area contributed by atoms with Crippen LogP contribution in [0.3, 0.4) is 0 Å². The minimum Gasteiger partial charge on any atom is -0.384 e. The van der Waals surface area contributed by atoms with E-state index in [0.717, 1.165) is 13.0 Å². The third kappa shape index (κ3) is 1.08. The Morgan fingerprint density at radius 2 is 2.33 bits per heavy atom. The molecule has 0 saturated carbocycles. The summed E-state index contributed by atoms with van der Waals surface area (Å²) in [5.74, 6) is 0. The van der Waals surface area contributed by atoms with Gasteiger partial charge < -0.3 is 11.1 Å². The zero-order valence-corrected chi connectivity index (χ0v) is 7.30. The van der Waals surface area contributed by atoms with Crippen LogP contribution < -0.4 is 11.1 Å². The van der Waals surface area contributed by atoms with E-state index in [0.29, 0.717) is 0 Å². The minimum atomic E-state index is 0.153. The molecule has 1 aliphatic rings. The molecule has 1 aliphatic heterocycles.